The number of anilines is 1. The van der Waals surface area contributed by atoms with Crippen LogP contribution in [0.15, 0.2) is 6.33 Å². The van der Waals surface area contributed by atoms with Crippen molar-refractivity contribution in [1.82, 2.24) is 24.8 Å². The number of hydrogen-bond donors (Lipinski definition) is 4. The number of imidazole rings is 1. The van der Waals surface area contributed by atoms with Gasteiger partial charge in [-0.25, -0.2) is 15.0 Å². The molecule has 2 fully saturated rings. The number of nitrogens with two attached hydrogens (primary N) is 1. The van der Waals surface area contributed by atoms with Gasteiger partial charge in [0.05, 0.1) is 12.9 Å². The molecule has 1 amide bonds. The minimum atomic E-state index is -1.41. The average Bonchev–Trinajstić information content (AvgIpc) is 3.36. The molecule has 5 N–H and O–H groups in total. The summed E-state index contributed by atoms with van der Waals surface area (Å²) in [6, 6.07) is 0. The molecule has 2 aliphatic heterocycles. The summed E-state index contributed by atoms with van der Waals surface area (Å²) in [6.07, 6.45) is -0.399. The first kappa shape index (κ1) is 23.3. The van der Waals surface area contributed by atoms with E-state index in [-0.39, 0.29) is 23.6 Å². The molecule has 2 saturated heterocycles. The molecule has 12 nitrogen and oxygen atoms in total. The fraction of sp³-hybridized carbons (Fsp3) is 0.619. The Bertz CT molecular complexity index is 1040. The number of nitrogens with zero attached hydrogens (tertiary/aromatic N) is 4. The molecule has 4 heterocycles. The fourth-order valence-corrected chi connectivity index (χ4v) is 3.79. The number of ether oxygens (including phenoxy) is 3. The number of amides is 1. The van der Waals surface area contributed by atoms with E-state index in [2.05, 4.69) is 32.1 Å². The molecule has 5 atom stereocenters. The molecule has 178 valence electrons. The van der Waals surface area contributed by atoms with E-state index in [1.165, 1.54) is 10.9 Å². The van der Waals surface area contributed by atoms with Gasteiger partial charge >= 0.3 is 0 Å². The highest BCUT2D eigenvalue weighted by molar-refractivity contribution is 5.83. The molecule has 0 bridgehead atoms. The van der Waals surface area contributed by atoms with Crippen molar-refractivity contribution in [3.05, 3.63) is 12.2 Å². The van der Waals surface area contributed by atoms with Crippen LogP contribution in [0.4, 0.5) is 5.82 Å². The second-order valence-electron chi connectivity index (χ2n) is 7.80. The Kier molecular flexibility index (Phi) is 7.36. The maximum absolute atomic E-state index is 12.1. The number of fused-ring (bicyclic) bond motifs is 1. The highest BCUT2D eigenvalue weighted by atomic mass is 16.7. The molecule has 0 saturated carbocycles. The second-order valence-corrected chi connectivity index (χ2v) is 7.80. The Morgan fingerprint density at radius 3 is 2.97 bits per heavy atom. The normalized spacial score (nSPS) is 27.3. The third kappa shape index (κ3) is 5.07. The maximum Gasteiger partial charge on any atom is 0.252 e. The monoisotopic (exact) mass is 460 g/mol. The van der Waals surface area contributed by atoms with Crippen molar-refractivity contribution < 1.29 is 29.2 Å². The van der Waals surface area contributed by atoms with E-state index in [0.717, 1.165) is 25.9 Å². The van der Waals surface area contributed by atoms with Crippen LogP contribution in [0.1, 0.15) is 44.7 Å². The minimum Gasteiger partial charge on any atom is -0.387 e. The van der Waals surface area contributed by atoms with Gasteiger partial charge < -0.3 is 35.5 Å². The van der Waals surface area contributed by atoms with Crippen LogP contribution in [0, 0.1) is 11.8 Å². The van der Waals surface area contributed by atoms with Crippen LogP contribution in [0.25, 0.3) is 11.2 Å². The molecule has 0 aliphatic carbocycles. The van der Waals surface area contributed by atoms with Crippen LogP contribution in [0.5, 0.6) is 0 Å². The summed E-state index contributed by atoms with van der Waals surface area (Å²) in [5, 5.41) is 23.4. The van der Waals surface area contributed by atoms with Crippen LogP contribution in [-0.4, -0.2) is 80.0 Å². The zero-order valence-electron chi connectivity index (χ0n) is 18.3. The van der Waals surface area contributed by atoms with Gasteiger partial charge in [0.2, 0.25) is 5.82 Å². The Morgan fingerprint density at radius 2 is 2.21 bits per heavy atom. The Balaban J connectivity index is 1.48. The molecule has 1 unspecified atom stereocenters. The zero-order valence-corrected chi connectivity index (χ0v) is 18.3. The van der Waals surface area contributed by atoms with Crippen molar-refractivity contribution in [1.29, 1.82) is 0 Å². The van der Waals surface area contributed by atoms with Crippen molar-refractivity contribution in [2.24, 2.45) is 0 Å². The van der Waals surface area contributed by atoms with Gasteiger partial charge in [0.25, 0.3) is 5.91 Å². The van der Waals surface area contributed by atoms with Crippen molar-refractivity contribution in [2.45, 2.75) is 63.4 Å². The lowest BCUT2D eigenvalue weighted by atomic mass is 10.1. The highest BCUT2D eigenvalue weighted by Gasteiger charge is 2.47. The number of carbonyl (C=O) groups excluding carboxylic acids is 1. The number of carbonyl (C=O) groups is 1. The zero-order chi connectivity index (χ0) is 23.4. The van der Waals surface area contributed by atoms with E-state index in [4.69, 9.17) is 19.9 Å². The van der Waals surface area contributed by atoms with Crippen LogP contribution in [0.2, 0.25) is 0 Å². The summed E-state index contributed by atoms with van der Waals surface area (Å²) in [7, 11) is 0. The standard InChI is InChI=1S/C21H28N6O6/c1-2-23-20(30)17-15(28)16(29)21(33-17)27-11-24-14-18(22)25-12(26-19(14)27)7-3-5-9-31-13-8-4-6-10-32-13/h11,13,15-17,21,28-29H,2,4-6,8-10H2,1H3,(H,23,30)(H2,22,25,26)/t13?,15-,16+,17-,21+/m0/s1. The van der Waals surface area contributed by atoms with Crippen LogP contribution in [0.3, 0.4) is 0 Å². The lowest BCUT2D eigenvalue weighted by Gasteiger charge is -2.22. The predicted molar refractivity (Wildman–Crippen MR) is 115 cm³/mol. The van der Waals surface area contributed by atoms with Gasteiger partial charge in [0, 0.05) is 19.6 Å². The number of nitrogens with one attached hydrogen (secondary N) is 1. The Hall–Kier alpha value is -2.82. The number of hydrogen-bond acceptors (Lipinski definition) is 10. The van der Waals surface area contributed by atoms with Crippen molar-refractivity contribution in [3.63, 3.8) is 0 Å². The number of aliphatic hydroxyl groups excluding tert-OH is 2. The van der Waals surface area contributed by atoms with Gasteiger partial charge in [0.1, 0.15) is 17.7 Å². The van der Waals surface area contributed by atoms with Crippen LogP contribution < -0.4 is 11.1 Å². The second kappa shape index (κ2) is 10.4. The maximum atomic E-state index is 12.1. The molecule has 33 heavy (non-hydrogen) atoms. The number of likely N-dealkylation sites (N-methyl/N-ethyl adjacent to an activating group) is 1. The third-order valence-corrected chi connectivity index (χ3v) is 5.44. The van der Waals surface area contributed by atoms with Gasteiger partial charge in [-0.15, -0.1) is 0 Å². The third-order valence-electron chi connectivity index (χ3n) is 5.44. The molecular weight excluding hydrogens is 432 g/mol. The Morgan fingerprint density at radius 1 is 1.36 bits per heavy atom. The number of rotatable bonds is 6. The fourth-order valence-electron chi connectivity index (χ4n) is 3.79. The van der Waals surface area contributed by atoms with E-state index in [0.29, 0.717) is 25.1 Å². The molecule has 12 heteroatoms. The van der Waals surface area contributed by atoms with Crippen LogP contribution >= 0.6 is 0 Å². The van der Waals surface area contributed by atoms with Crippen molar-refractivity contribution in [2.75, 3.05) is 25.5 Å². The van der Waals surface area contributed by atoms with Gasteiger partial charge in [-0.05, 0) is 32.1 Å². The van der Waals surface area contributed by atoms with E-state index < -0.39 is 30.4 Å². The summed E-state index contributed by atoms with van der Waals surface area (Å²) in [6.45, 7) is 3.26. The summed E-state index contributed by atoms with van der Waals surface area (Å²) >= 11 is 0. The van der Waals surface area contributed by atoms with Crippen LogP contribution in [-0.2, 0) is 19.0 Å². The average molecular weight is 460 g/mol. The van der Waals surface area contributed by atoms with E-state index in [9.17, 15) is 15.0 Å². The largest absolute Gasteiger partial charge is 0.387 e. The molecule has 2 aromatic rings. The summed E-state index contributed by atoms with van der Waals surface area (Å²) in [5.74, 6) is 5.58. The van der Waals surface area contributed by atoms with E-state index >= 15 is 0 Å². The smallest absolute Gasteiger partial charge is 0.252 e. The molecule has 0 aromatic carbocycles. The topological polar surface area (TPSA) is 167 Å². The number of aliphatic hydroxyl groups is 2. The van der Waals surface area contributed by atoms with Crippen molar-refractivity contribution in [3.8, 4) is 11.8 Å². The molecule has 2 aromatic heterocycles. The highest BCUT2D eigenvalue weighted by Crippen LogP contribution is 2.32. The van der Waals surface area contributed by atoms with E-state index in [1.54, 1.807) is 6.92 Å². The summed E-state index contributed by atoms with van der Waals surface area (Å²) < 4.78 is 18.2. The van der Waals surface area contributed by atoms with Crippen molar-refractivity contribution >= 4 is 22.9 Å². The van der Waals surface area contributed by atoms with Gasteiger partial charge in [-0.3, -0.25) is 9.36 Å². The lowest BCUT2D eigenvalue weighted by Crippen LogP contribution is -2.42. The molecule has 2 aliphatic rings. The number of aromatic nitrogens is 4. The predicted octanol–water partition coefficient (Wildman–Crippen LogP) is -0.551. The SMILES string of the molecule is CCNC(=O)[C@H]1O[C@@H](n2cnc3c(N)nc(C#CCCOC4CCCCO4)nc32)[C@H](O)[C@@H]1O. The van der Waals surface area contributed by atoms with Gasteiger partial charge in [-0.1, -0.05) is 5.92 Å². The lowest BCUT2D eigenvalue weighted by molar-refractivity contribution is -0.161. The molecule has 0 spiro atoms. The first-order chi connectivity index (χ1) is 16.0. The quantitative estimate of drug-likeness (QED) is 0.324. The Labute approximate surface area is 190 Å². The number of nitrogen functional groups attached to an aromatic ring is 1. The minimum absolute atomic E-state index is 0.114. The first-order valence-corrected chi connectivity index (χ1v) is 11.0. The first-order valence-electron chi connectivity index (χ1n) is 11.0. The summed E-state index contributed by atoms with van der Waals surface area (Å²) in [5.41, 5.74) is 6.59. The van der Waals surface area contributed by atoms with Gasteiger partial charge in [-0.2, -0.15) is 0 Å². The molecular formula is C21H28N6O6. The molecule has 4 rings (SSSR count). The van der Waals surface area contributed by atoms with Gasteiger partial charge in [0.15, 0.2) is 30.1 Å². The summed E-state index contributed by atoms with van der Waals surface area (Å²) in [4.78, 5) is 24.9. The molecule has 0 radical (unpaired) electrons. The van der Waals surface area contributed by atoms with E-state index in [1.807, 2.05) is 0 Å².